The van der Waals surface area contributed by atoms with Gasteiger partial charge >= 0.3 is 11.9 Å². The molecular weight excluding hydrogens is 777 g/mol. The molecule has 310 valence electrons. The van der Waals surface area contributed by atoms with Gasteiger partial charge in [-0.1, -0.05) is 30.3 Å². The van der Waals surface area contributed by atoms with E-state index in [1.807, 2.05) is 18.2 Å². The Morgan fingerprint density at radius 1 is 0.845 bits per heavy atom. The van der Waals surface area contributed by atoms with E-state index in [4.69, 9.17) is 24.7 Å². The maximum absolute atomic E-state index is 13.9. The number of anilines is 2. The number of carbonyl (C=O) groups is 5. The summed E-state index contributed by atoms with van der Waals surface area (Å²) in [7, 11) is 3.26. The summed E-state index contributed by atoms with van der Waals surface area (Å²) in [4.78, 5) is 67.8. The smallest absolute Gasteiger partial charge is 0.306 e. The van der Waals surface area contributed by atoms with Crippen LogP contribution >= 0.6 is 12.4 Å². The number of carbonyl (C=O) groups excluding carboxylic acids is 5. The van der Waals surface area contributed by atoms with E-state index in [1.54, 1.807) is 64.3 Å². The Bertz CT molecular complexity index is 2100. The molecule has 3 heterocycles. The number of halogens is 2. The molecule has 0 fully saturated rings. The van der Waals surface area contributed by atoms with E-state index >= 15 is 0 Å². The molecule has 0 aliphatic carbocycles. The molecule has 16 nitrogen and oxygen atoms in total. The lowest BCUT2D eigenvalue weighted by Crippen LogP contribution is -2.49. The Kier molecular flexibility index (Phi) is 16.1. The first-order valence-corrected chi connectivity index (χ1v) is 18.5. The number of aryl methyl sites for hydroxylation is 2. The first kappa shape index (κ1) is 44.6. The van der Waals surface area contributed by atoms with Crippen molar-refractivity contribution in [1.82, 2.24) is 20.1 Å². The standard InChI is InChI=1S/C25H26FN5O5.C15H20N2O4.ClH/c1-3-35-22(32)11-9-16-8-10-21-20(12-16)30(2)25(34)19(14-36-21)28-24(33)23-27-15-31(29-23)13-17-6-4-5-7-18(17)26;1-3-20-14(18)7-5-10-4-6-13-12(8-10)17(2)15(19)11(16)9-21-13;/h4-8,10,12,15,19H,3,9,11,13-14H2,1-2H3,(H,28,33);4,6,8,11H,3,5,7,9,16H2,1-2H3;1H. The fourth-order valence-electron chi connectivity index (χ4n) is 5.98. The quantitative estimate of drug-likeness (QED) is 0.198. The van der Waals surface area contributed by atoms with Gasteiger partial charge in [-0.15, -0.1) is 17.5 Å². The normalized spacial score (nSPS) is 15.8. The third kappa shape index (κ3) is 11.5. The van der Waals surface area contributed by atoms with E-state index < -0.39 is 18.0 Å². The minimum Gasteiger partial charge on any atom is -0.489 e. The maximum Gasteiger partial charge on any atom is 0.306 e. The van der Waals surface area contributed by atoms with Gasteiger partial charge in [0.15, 0.2) is 0 Å². The number of fused-ring (bicyclic) bond motifs is 2. The third-order valence-electron chi connectivity index (χ3n) is 9.05. The second-order valence-corrected chi connectivity index (χ2v) is 13.1. The van der Waals surface area contributed by atoms with Crippen molar-refractivity contribution >= 4 is 53.4 Å². The van der Waals surface area contributed by atoms with Crippen molar-refractivity contribution in [3.63, 3.8) is 0 Å². The van der Waals surface area contributed by atoms with Gasteiger partial charge < -0.3 is 39.8 Å². The highest BCUT2D eigenvalue weighted by Gasteiger charge is 2.32. The zero-order chi connectivity index (χ0) is 41.1. The maximum atomic E-state index is 13.9. The highest BCUT2D eigenvalue weighted by atomic mass is 35.5. The predicted octanol–water partition coefficient (Wildman–Crippen LogP) is 3.40. The number of aromatic nitrogens is 3. The monoisotopic (exact) mass is 823 g/mol. The number of nitrogens with one attached hydrogen (secondary N) is 1. The molecule has 1 aromatic heterocycles. The number of hydrogen-bond donors (Lipinski definition) is 2. The number of amides is 3. The molecule has 58 heavy (non-hydrogen) atoms. The molecule has 0 spiro atoms. The highest BCUT2D eigenvalue weighted by molar-refractivity contribution is 6.02. The van der Waals surface area contributed by atoms with Crippen molar-refractivity contribution < 1.29 is 47.3 Å². The number of benzene rings is 3. The number of hydrogen-bond acceptors (Lipinski definition) is 12. The van der Waals surface area contributed by atoms with E-state index in [0.717, 1.165) is 11.1 Å². The van der Waals surface area contributed by atoms with Gasteiger partial charge in [-0.3, -0.25) is 24.0 Å². The van der Waals surface area contributed by atoms with Crippen LogP contribution in [0.3, 0.4) is 0 Å². The average Bonchev–Trinajstić information content (AvgIpc) is 3.61. The number of ether oxygens (including phenoxy) is 4. The summed E-state index contributed by atoms with van der Waals surface area (Å²) in [6.45, 7) is 4.42. The number of nitrogens with zero attached hydrogens (tertiary/aromatic N) is 5. The fourth-order valence-corrected chi connectivity index (χ4v) is 5.98. The van der Waals surface area contributed by atoms with Gasteiger partial charge in [-0.05, 0) is 68.1 Å². The van der Waals surface area contributed by atoms with Crippen molar-refractivity contribution in [2.75, 3.05) is 50.3 Å². The zero-order valence-corrected chi connectivity index (χ0v) is 33.5. The molecule has 3 N–H and O–H groups in total. The fraction of sp³-hybridized carbons (Fsp3) is 0.375. The van der Waals surface area contributed by atoms with Crippen molar-refractivity contribution in [1.29, 1.82) is 0 Å². The molecule has 3 aromatic carbocycles. The second-order valence-electron chi connectivity index (χ2n) is 13.1. The van der Waals surface area contributed by atoms with Crippen LogP contribution in [0.2, 0.25) is 0 Å². The summed E-state index contributed by atoms with van der Waals surface area (Å²) in [6, 6.07) is 15.5. The first-order valence-electron chi connectivity index (χ1n) is 18.5. The van der Waals surface area contributed by atoms with Crippen LogP contribution in [0.15, 0.2) is 67.0 Å². The van der Waals surface area contributed by atoms with Gasteiger partial charge in [-0.2, -0.15) is 0 Å². The minimum absolute atomic E-state index is 0. The molecule has 0 saturated carbocycles. The number of likely N-dealkylation sites (N-methyl/N-ethyl adjacent to an activating group) is 2. The SMILES string of the molecule is CCOC(=O)CCc1ccc2c(c1)N(C)C(=O)C(N)CO2.CCOC(=O)CCc1ccc2c(c1)N(C)C(=O)C(NC(=O)c1ncn(Cc3ccccc3F)n1)CO2.Cl. The second kappa shape index (κ2) is 20.9. The summed E-state index contributed by atoms with van der Waals surface area (Å²) in [5.41, 5.74) is 9.14. The van der Waals surface area contributed by atoms with E-state index in [2.05, 4.69) is 15.4 Å². The number of rotatable bonds is 12. The summed E-state index contributed by atoms with van der Waals surface area (Å²) >= 11 is 0. The Balaban J connectivity index is 0.000000289. The first-order chi connectivity index (χ1) is 27.4. The van der Waals surface area contributed by atoms with E-state index in [9.17, 15) is 28.4 Å². The summed E-state index contributed by atoms with van der Waals surface area (Å²) in [5.74, 6) is -1.16. The van der Waals surface area contributed by atoms with E-state index in [-0.39, 0.29) is 74.0 Å². The molecule has 0 radical (unpaired) electrons. The topological polar surface area (TPSA) is 198 Å². The lowest BCUT2D eigenvalue weighted by molar-refractivity contribution is -0.144. The van der Waals surface area contributed by atoms with Gasteiger partial charge in [0.25, 0.3) is 11.8 Å². The molecule has 3 amide bonds. The molecule has 4 aromatic rings. The van der Waals surface area contributed by atoms with Crippen LogP contribution in [0, 0.1) is 5.82 Å². The van der Waals surface area contributed by atoms with Gasteiger partial charge in [0.05, 0.1) is 31.1 Å². The number of esters is 2. The van der Waals surface area contributed by atoms with Crippen LogP contribution in [0.5, 0.6) is 11.5 Å². The van der Waals surface area contributed by atoms with Crippen LogP contribution in [0.1, 0.15) is 54.0 Å². The van der Waals surface area contributed by atoms with Crippen molar-refractivity contribution in [2.24, 2.45) is 5.73 Å². The van der Waals surface area contributed by atoms with Crippen LogP contribution < -0.4 is 30.3 Å². The van der Waals surface area contributed by atoms with Crippen LogP contribution in [-0.2, 0) is 48.0 Å². The molecule has 2 aliphatic heterocycles. The molecule has 18 heteroatoms. The highest BCUT2D eigenvalue weighted by Crippen LogP contribution is 2.33. The summed E-state index contributed by atoms with van der Waals surface area (Å²) in [5, 5.41) is 6.72. The molecule has 6 rings (SSSR count). The Hall–Kier alpha value is -6.07. The van der Waals surface area contributed by atoms with Crippen LogP contribution in [0.4, 0.5) is 15.8 Å². The Morgan fingerprint density at radius 3 is 1.97 bits per heavy atom. The lowest BCUT2D eigenvalue weighted by Gasteiger charge is -2.20. The average molecular weight is 824 g/mol. The molecule has 0 saturated heterocycles. The van der Waals surface area contributed by atoms with E-state index in [1.165, 1.54) is 26.9 Å². The summed E-state index contributed by atoms with van der Waals surface area (Å²) in [6.07, 6.45) is 2.87. The zero-order valence-electron chi connectivity index (χ0n) is 32.6. The lowest BCUT2D eigenvalue weighted by atomic mass is 10.1. The van der Waals surface area contributed by atoms with Crippen molar-refractivity contribution in [3.8, 4) is 11.5 Å². The Morgan fingerprint density at radius 2 is 1.40 bits per heavy atom. The van der Waals surface area contributed by atoms with Gasteiger partial charge in [0, 0.05) is 32.5 Å². The van der Waals surface area contributed by atoms with Gasteiger partial charge in [0.2, 0.25) is 11.7 Å². The summed E-state index contributed by atoms with van der Waals surface area (Å²) < 4.78 is 36.4. The molecule has 2 aliphatic rings. The largest absolute Gasteiger partial charge is 0.489 e. The molecule has 2 atom stereocenters. The minimum atomic E-state index is -0.976. The van der Waals surface area contributed by atoms with Crippen molar-refractivity contribution in [3.05, 3.63) is 95.3 Å². The van der Waals surface area contributed by atoms with Crippen molar-refractivity contribution in [2.45, 2.75) is 58.2 Å². The molecule has 2 unspecified atom stereocenters. The molecule has 0 bridgehead atoms. The Labute approximate surface area is 341 Å². The third-order valence-corrected chi connectivity index (χ3v) is 9.05. The van der Waals surface area contributed by atoms with Crippen LogP contribution in [-0.4, -0.2) is 97.0 Å². The number of nitrogens with two attached hydrogens (primary N) is 1. The predicted molar refractivity (Wildman–Crippen MR) is 213 cm³/mol. The van der Waals surface area contributed by atoms with Gasteiger partial charge in [0.1, 0.15) is 48.9 Å². The van der Waals surface area contributed by atoms with Gasteiger partial charge in [-0.25, -0.2) is 14.1 Å². The van der Waals surface area contributed by atoms with Crippen LogP contribution in [0.25, 0.3) is 0 Å². The molecular formula is C40H47ClFN7O9. The van der Waals surface area contributed by atoms with E-state index in [0.29, 0.717) is 60.9 Å².